The highest BCUT2D eigenvalue weighted by Crippen LogP contribution is 2.36. The maximum atomic E-state index is 11.7. The summed E-state index contributed by atoms with van der Waals surface area (Å²) in [6.45, 7) is 3.55. The van der Waals surface area contributed by atoms with Crippen LogP contribution in [0.2, 0.25) is 0 Å². The number of carbonyl (C=O) groups excluding carboxylic acids is 2. The lowest BCUT2D eigenvalue weighted by Gasteiger charge is -2.20. The van der Waals surface area contributed by atoms with Gasteiger partial charge in [-0.15, -0.1) is 0 Å². The summed E-state index contributed by atoms with van der Waals surface area (Å²) in [5.74, 6) is 0.136. The average molecular weight is 340 g/mol. The van der Waals surface area contributed by atoms with Crippen molar-refractivity contribution in [3.8, 4) is 16.9 Å². The van der Waals surface area contributed by atoms with Crippen molar-refractivity contribution in [3.05, 3.63) is 53.1 Å². The fourth-order valence-electron chi connectivity index (χ4n) is 2.94. The molecule has 0 aromatic heterocycles. The first-order valence-electron chi connectivity index (χ1n) is 8.49. The van der Waals surface area contributed by atoms with Crippen molar-refractivity contribution in [3.63, 3.8) is 0 Å². The average Bonchev–Trinajstić information content (AvgIpc) is 2.64. The Labute approximate surface area is 148 Å². The largest absolute Gasteiger partial charge is 0.496 e. The van der Waals surface area contributed by atoms with E-state index in [1.165, 1.54) is 6.92 Å². The number of unbranched alkanes of at least 4 members (excludes halogenated alkanes) is 1. The molecule has 2 rings (SSSR count). The molecule has 25 heavy (non-hydrogen) atoms. The lowest BCUT2D eigenvalue weighted by Crippen LogP contribution is -2.08. The minimum atomic E-state index is -0.381. The van der Waals surface area contributed by atoms with Gasteiger partial charge in [0, 0.05) is 12.5 Å². The highest BCUT2D eigenvalue weighted by atomic mass is 16.5. The highest BCUT2D eigenvalue weighted by Gasteiger charge is 2.20. The Balaban J connectivity index is 2.71. The van der Waals surface area contributed by atoms with E-state index >= 15 is 0 Å². The zero-order valence-corrected chi connectivity index (χ0v) is 15.0. The SMILES string of the molecule is CCCCc1cc(OC)c(C=O)c(COC(C)=O)c1-c1ccccc1. The molecule has 0 heterocycles. The lowest BCUT2D eigenvalue weighted by molar-refractivity contribution is -0.142. The van der Waals surface area contributed by atoms with Gasteiger partial charge in [0.25, 0.3) is 0 Å². The third-order valence-electron chi connectivity index (χ3n) is 4.14. The second-order valence-corrected chi connectivity index (χ2v) is 5.87. The van der Waals surface area contributed by atoms with Crippen molar-refractivity contribution in [2.75, 3.05) is 7.11 Å². The monoisotopic (exact) mass is 340 g/mol. The summed E-state index contributed by atoms with van der Waals surface area (Å²) < 4.78 is 10.7. The van der Waals surface area contributed by atoms with E-state index in [1.807, 2.05) is 36.4 Å². The van der Waals surface area contributed by atoms with E-state index < -0.39 is 0 Å². The van der Waals surface area contributed by atoms with Gasteiger partial charge in [-0.25, -0.2) is 0 Å². The van der Waals surface area contributed by atoms with Crippen molar-refractivity contribution in [1.82, 2.24) is 0 Å². The Morgan fingerprint density at radius 2 is 1.92 bits per heavy atom. The topological polar surface area (TPSA) is 52.6 Å². The van der Waals surface area contributed by atoms with Crippen LogP contribution >= 0.6 is 0 Å². The summed E-state index contributed by atoms with van der Waals surface area (Å²) in [4.78, 5) is 23.1. The molecule has 0 radical (unpaired) electrons. The van der Waals surface area contributed by atoms with E-state index in [2.05, 4.69) is 6.92 Å². The summed E-state index contributed by atoms with van der Waals surface area (Å²) in [5.41, 5.74) is 4.18. The van der Waals surface area contributed by atoms with Gasteiger partial charge in [-0.1, -0.05) is 43.7 Å². The van der Waals surface area contributed by atoms with Crippen LogP contribution in [0.15, 0.2) is 36.4 Å². The molecule has 0 saturated heterocycles. The van der Waals surface area contributed by atoms with Crippen molar-refractivity contribution < 1.29 is 19.1 Å². The Hall–Kier alpha value is -2.62. The molecule has 132 valence electrons. The Kier molecular flexibility index (Phi) is 6.75. The lowest BCUT2D eigenvalue weighted by atomic mass is 9.88. The van der Waals surface area contributed by atoms with Crippen LogP contribution < -0.4 is 4.74 Å². The normalized spacial score (nSPS) is 10.4. The Bertz CT molecular complexity index is 735. The van der Waals surface area contributed by atoms with Gasteiger partial charge in [0.1, 0.15) is 12.4 Å². The second kappa shape index (κ2) is 9.02. The van der Waals surface area contributed by atoms with Gasteiger partial charge in [0.05, 0.1) is 12.7 Å². The number of methoxy groups -OCH3 is 1. The summed E-state index contributed by atoms with van der Waals surface area (Å²) in [6.07, 6.45) is 3.72. The number of aldehydes is 1. The van der Waals surface area contributed by atoms with Crippen LogP contribution in [-0.4, -0.2) is 19.4 Å². The van der Waals surface area contributed by atoms with E-state index in [0.717, 1.165) is 42.2 Å². The summed E-state index contributed by atoms with van der Waals surface area (Å²) in [5, 5.41) is 0. The standard InChI is InChI=1S/C21H24O4/c1-4-5-9-17-12-20(24-3)18(13-22)19(14-25-15(2)23)21(17)16-10-7-6-8-11-16/h6-8,10-13H,4-5,9,14H2,1-3H3. The summed E-state index contributed by atoms with van der Waals surface area (Å²) in [6, 6.07) is 11.8. The summed E-state index contributed by atoms with van der Waals surface area (Å²) in [7, 11) is 1.55. The van der Waals surface area contributed by atoms with E-state index in [4.69, 9.17) is 9.47 Å². The van der Waals surface area contributed by atoms with Crippen LogP contribution in [0.4, 0.5) is 0 Å². The van der Waals surface area contributed by atoms with Crippen LogP contribution in [0.3, 0.4) is 0 Å². The van der Waals surface area contributed by atoms with Gasteiger partial charge in [0.2, 0.25) is 0 Å². The molecule has 0 aliphatic rings. The van der Waals surface area contributed by atoms with Gasteiger partial charge in [-0.05, 0) is 35.6 Å². The Morgan fingerprint density at radius 1 is 1.20 bits per heavy atom. The fourth-order valence-corrected chi connectivity index (χ4v) is 2.94. The maximum Gasteiger partial charge on any atom is 0.302 e. The number of hydrogen-bond acceptors (Lipinski definition) is 4. The first-order valence-corrected chi connectivity index (χ1v) is 8.49. The molecule has 0 bridgehead atoms. The molecule has 4 heteroatoms. The van der Waals surface area contributed by atoms with Gasteiger partial charge in [0.15, 0.2) is 6.29 Å². The first kappa shape index (κ1) is 18.7. The van der Waals surface area contributed by atoms with E-state index in [0.29, 0.717) is 16.9 Å². The van der Waals surface area contributed by atoms with Gasteiger partial charge in [-0.2, -0.15) is 0 Å². The molecule has 2 aromatic rings. The molecule has 0 amide bonds. The second-order valence-electron chi connectivity index (χ2n) is 5.87. The molecular formula is C21H24O4. The molecular weight excluding hydrogens is 316 g/mol. The molecule has 0 aliphatic heterocycles. The van der Waals surface area contributed by atoms with Gasteiger partial charge < -0.3 is 9.47 Å². The van der Waals surface area contributed by atoms with E-state index in [9.17, 15) is 9.59 Å². The molecule has 0 atom stereocenters. The third-order valence-corrected chi connectivity index (χ3v) is 4.14. The number of ether oxygens (including phenoxy) is 2. The Morgan fingerprint density at radius 3 is 2.48 bits per heavy atom. The van der Waals surface area contributed by atoms with Gasteiger partial charge >= 0.3 is 5.97 Å². The minimum absolute atomic E-state index is 0.0456. The van der Waals surface area contributed by atoms with E-state index in [-0.39, 0.29) is 12.6 Å². The van der Waals surface area contributed by atoms with Crippen LogP contribution in [0, 0.1) is 0 Å². The minimum Gasteiger partial charge on any atom is -0.496 e. The number of hydrogen-bond donors (Lipinski definition) is 0. The third kappa shape index (κ3) is 4.47. The van der Waals surface area contributed by atoms with Crippen molar-refractivity contribution >= 4 is 12.3 Å². The van der Waals surface area contributed by atoms with Crippen molar-refractivity contribution in [2.45, 2.75) is 39.7 Å². The zero-order chi connectivity index (χ0) is 18.2. The quantitative estimate of drug-likeness (QED) is 0.521. The predicted octanol–water partition coefficient (Wildman–Crippen LogP) is 4.58. The number of esters is 1. The predicted molar refractivity (Wildman–Crippen MR) is 97.9 cm³/mol. The highest BCUT2D eigenvalue weighted by molar-refractivity contribution is 5.88. The molecule has 4 nitrogen and oxygen atoms in total. The number of benzene rings is 2. The summed E-state index contributed by atoms with van der Waals surface area (Å²) >= 11 is 0. The first-order chi connectivity index (χ1) is 12.1. The van der Waals surface area contributed by atoms with Crippen LogP contribution in [-0.2, 0) is 22.6 Å². The van der Waals surface area contributed by atoms with Crippen molar-refractivity contribution in [2.24, 2.45) is 0 Å². The van der Waals surface area contributed by atoms with E-state index in [1.54, 1.807) is 7.11 Å². The molecule has 0 N–H and O–H groups in total. The van der Waals surface area contributed by atoms with Crippen molar-refractivity contribution in [1.29, 1.82) is 0 Å². The molecule has 0 aliphatic carbocycles. The van der Waals surface area contributed by atoms with Crippen LogP contribution in [0.5, 0.6) is 5.75 Å². The molecule has 0 spiro atoms. The molecule has 0 fully saturated rings. The number of aryl methyl sites for hydroxylation is 1. The molecule has 0 unspecified atom stereocenters. The molecule has 2 aromatic carbocycles. The fraction of sp³-hybridized carbons (Fsp3) is 0.333. The number of rotatable bonds is 8. The maximum absolute atomic E-state index is 11.7. The van der Waals surface area contributed by atoms with Gasteiger partial charge in [-0.3, -0.25) is 9.59 Å². The number of carbonyl (C=O) groups is 2. The van der Waals surface area contributed by atoms with Crippen LogP contribution in [0.25, 0.3) is 11.1 Å². The molecule has 0 saturated carbocycles. The van der Waals surface area contributed by atoms with Crippen LogP contribution in [0.1, 0.15) is 48.2 Å². The zero-order valence-electron chi connectivity index (χ0n) is 15.0. The smallest absolute Gasteiger partial charge is 0.302 e.